The number of carboxylic acids is 1. The molecule has 1 aliphatic carbocycles. The van der Waals surface area contributed by atoms with E-state index >= 15 is 0 Å². The van der Waals surface area contributed by atoms with Crippen LogP contribution in [0.5, 0.6) is 0 Å². The Labute approximate surface area is 116 Å². The van der Waals surface area contributed by atoms with Crippen molar-refractivity contribution < 1.29 is 19.1 Å². The third kappa shape index (κ3) is 3.04. The Morgan fingerprint density at radius 1 is 1.25 bits per heavy atom. The van der Waals surface area contributed by atoms with Gasteiger partial charge in [0.25, 0.3) is 0 Å². The number of nitrogens with one attached hydrogen (secondary N) is 1. The SMILES string of the molecule is O=C(/C=C/c1ccccc1F)NC1(C(=O)O)CCCC1. The normalized spacial score (nSPS) is 17.2. The van der Waals surface area contributed by atoms with E-state index in [0.717, 1.165) is 12.8 Å². The molecule has 1 fully saturated rings. The highest BCUT2D eigenvalue weighted by molar-refractivity contribution is 5.95. The predicted molar refractivity (Wildman–Crippen MR) is 72.4 cm³/mol. The van der Waals surface area contributed by atoms with Gasteiger partial charge in [0.2, 0.25) is 5.91 Å². The lowest BCUT2D eigenvalue weighted by Gasteiger charge is -2.24. The van der Waals surface area contributed by atoms with Gasteiger partial charge in [-0.1, -0.05) is 31.0 Å². The smallest absolute Gasteiger partial charge is 0.329 e. The van der Waals surface area contributed by atoms with E-state index in [2.05, 4.69) is 5.32 Å². The molecule has 106 valence electrons. The molecule has 2 rings (SSSR count). The fraction of sp³-hybridized carbons (Fsp3) is 0.333. The van der Waals surface area contributed by atoms with Crippen LogP contribution in [0.4, 0.5) is 4.39 Å². The van der Waals surface area contributed by atoms with Crippen LogP contribution in [0.15, 0.2) is 30.3 Å². The molecule has 4 nitrogen and oxygen atoms in total. The number of aliphatic carboxylic acids is 1. The maximum atomic E-state index is 13.4. The molecule has 0 saturated heterocycles. The van der Waals surface area contributed by atoms with Crippen LogP contribution in [0.3, 0.4) is 0 Å². The standard InChI is InChI=1S/C15H16FNO3/c16-12-6-2-1-5-11(12)7-8-13(18)17-15(14(19)20)9-3-4-10-15/h1-2,5-8H,3-4,9-10H2,(H,17,18)(H,19,20)/b8-7+. The van der Waals surface area contributed by atoms with Crippen LogP contribution in [-0.4, -0.2) is 22.5 Å². The van der Waals surface area contributed by atoms with Gasteiger partial charge in [0.05, 0.1) is 0 Å². The Kier molecular flexibility index (Phi) is 4.17. The maximum Gasteiger partial charge on any atom is 0.329 e. The predicted octanol–water partition coefficient (Wildman–Crippen LogP) is 2.35. The second-order valence-corrected chi connectivity index (χ2v) is 4.94. The molecule has 1 aliphatic rings. The zero-order valence-electron chi connectivity index (χ0n) is 10.9. The van der Waals surface area contributed by atoms with Crippen LogP contribution >= 0.6 is 0 Å². The second-order valence-electron chi connectivity index (χ2n) is 4.94. The number of amides is 1. The lowest BCUT2D eigenvalue weighted by molar-refractivity contribution is -0.146. The number of halogens is 1. The molecule has 2 N–H and O–H groups in total. The van der Waals surface area contributed by atoms with Gasteiger partial charge in [0.1, 0.15) is 11.4 Å². The van der Waals surface area contributed by atoms with Crippen molar-refractivity contribution in [1.29, 1.82) is 0 Å². The Bertz CT molecular complexity index is 548. The van der Waals surface area contributed by atoms with Gasteiger partial charge in [0.15, 0.2) is 0 Å². The zero-order chi connectivity index (χ0) is 14.6. The molecule has 0 atom stereocenters. The summed E-state index contributed by atoms with van der Waals surface area (Å²) in [6.45, 7) is 0. The van der Waals surface area contributed by atoms with Crippen molar-refractivity contribution in [3.05, 3.63) is 41.7 Å². The van der Waals surface area contributed by atoms with E-state index in [1.807, 2.05) is 0 Å². The van der Waals surface area contributed by atoms with Gasteiger partial charge in [-0.3, -0.25) is 4.79 Å². The molecule has 0 radical (unpaired) electrons. The van der Waals surface area contributed by atoms with Gasteiger partial charge in [0, 0.05) is 11.6 Å². The van der Waals surface area contributed by atoms with E-state index in [0.29, 0.717) is 18.4 Å². The first-order chi connectivity index (χ1) is 9.53. The van der Waals surface area contributed by atoms with Crippen LogP contribution in [0, 0.1) is 5.82 Å². The number of carboxylic acid groups (broad SMARTS) is 1. The average molecular weight is 277 g/mol. The summed E-state index contributed by atoms with van der Waals surface area (Å²) in [7, 11) is 0. The van der Waals surface area contributed by atoms with Gasteiger partial charge in [-0.2, -0.15) is 0 Å². The first-order valence-electron chi connectivity index (χ1n) is 6.52. The number of benzene rings is 1. The van der Waals surface area contributed by atoms with Crippen LogP contribution in [0.2, 0.25) is 0 Å². The Hall–Kier alpha value is -2.17. The minimum atomic E-state index is -1.17. The summed E-state index contributed by atoms with van der Waals surface area (Å²) < 4.78 is 13.4. The van der Waals surface area contributed by atoms with Gasteiger partial charge in [-0.15, -0.1) is 0 Å². The van der Waals surface area contributed by atoms with E-state index < -0.39 is 23.2 Å². The number of hydrogen-bond donors (Lipinski definition) is 2. The summed E-state index contributed by atoms with van der Waals surface area (Å²) in [5.41, 5.74) is -0.880. The summed E-state index contributed by atoms with van der Waals surface area (Å²) in [4.78, 5) is 23.1. The molecule has 20 heavy (non-hydrogen) atoms. The molecule has 0 spiro atoms. The van der Waals surface area contributed by atoms with Crippen LogP contribution in [0.25, 0.3) is 6.08 Å². The molecule has 5 heteroatoms. The summed E-state index contributed by atoms with van der Waals surface area (Å²) in [6.07, 6.45) is 4.94. The molecular formula is C15H16FNO3. The monoisotopic (exact) mass is 277 g/mol. The highest BCUT2D eigenvalue weighted by Crippen LogP contribution is 2.29. The Morgan fingerprint density at radius 3 is 2.50 bits per heavy atom. The van der Waals surface area contributed by atoms with Gasteiger partial charge in [-0.25, -0.2) is 9.18 Å². The van der Waals surface area contributed by atoms with Crippen LogP contribution < -0.4 is 5.32 Å². The summed E-state index contributed by atoms with van der Waals surface area (Å²) in [5.74, 6) is -1.95. The van der Waals surface area contributed by atoms with Crippen molar-refractivity contribution in [1.82, 2.24) is 5.32 Å². The molecule has 0 heterocycles. The minimum absolute atomic E-state index is 0.290. The van der Waals surface area contributed by atoms with E-state index in [9.17, 15) is 19.1 Å². The van der Waals surface area contributed by atoms with E-state index in [4.69, 9.17) is 0 Å². The second kappa shape index (κ2) is 5.86. The maximum absolute atomic E-state index is 13.4. The summed E-state index contributed by atoms with van der Waals surface area (Å²) in [6, 6.07) is 6.07. The van der Waals surface area contributed by atoms with E-state index in [1.54, 1.807) is 18.2 Å². The lowest BCUT2D eigenvalue weighted by Crippen LogP contribution is -2.52. The van der Waals surface area contributed by atoms with E-state index in [-0.39, 0.29) is 0 Å². The number of hydrogen-bond acceptors (Lipinski definition) is 2. The van der Waals surface area contributed by atoms with Gasteiger partial charge < -0.3 is 10.4 Å². The van der Waals surface area contributed by atoms with Crippen molar-refractivity contribution in [2.45, 2.75) is 31.2 Å². The number of carbonyl (C=O) groups excluding carboxylic acids is 1. The van der Waals surface area contributed by atoms with E-state index in [1.165, 1.54) is 18.2 Å². The quantitative estimate of drug-likeness (QED) is 0.830. The molecule has 1 aromatic rings. The summed E-state index contributed by atoms with van der Waals surface area (Å²) >= 11 is 0. The van der Waals surface area contributed by atoms with Gasteiger partial charge in [-0.05, 0) is 25.0 Å². The summed E-state index contributed by atoms with van der Waals surface area (Å²) in [5, 5.41) is 11.8. The first-order valence-corrected chi connectivity index (χ1v) is 6.52. The fourth-order valence-corrected chi connectivity index (χ4v) is 2.42. The third-order valence-electron chi connectivity index (χ3n) is 3.55. The van der Waals surface area contributed by atoms with Crippen LogP contribution in [0.1, 0.15) is 31.2 Å². The van der Waals surface area contributed by atoms with Crippen molar-refractivity contribution in [2.75, 3.05) is 0 Å². The highest BCUT2D eigenvalue weighted by atomic mass is 19.1. The largest absolute Gasteiger partial charge is 0.480 e. The van der Waals surface area contributed by atoms with Crippen LogP contribution in [-0.2, 0) is 9.59 Å². The highest BCUT2D eigenvalue weighted by Gasteiger charge is 2.42. The van der Waals surface area contributed by atoms with Crippen molar-refractivity contribution in [3.63, 3.8) is 0 Å². The van der Waals surface area contributed by atoms with Crippen molar-refractivity contribution in [2.24, 2.45) is 0 Å². The van der Waals surface area contributed by atoms with Crippen molar-refractivity contribution >= 4 is 18.0 Å². The minimum Gasteiger partial charge on any atom is -0.480 e. The molecule has 1 amide bonds. The number of rotatable bonds is 4. The first kappa shape index (κ1) is 14.2. The zero-order valence-corrected chi connectivity index (χ0v) is 10.9. The molecule has 1 aromatic carbocycles. The Morgan fingerprint density at radius 2 is 1.90 bits per heavy atom. The molecule has 0 aliphatic heterocycles. The molecule has 1 saturated carbocycles. The topological polar surface area (TPSA) is 66.4 Å². The lowest BCUT2D eigenvalue weighted by atomic mass is 9.98. The van der Waals surface area contributed by atoms with Crippen molar-refractivity contribution in [3.8, 4) is 0 Å². The molecular weight excluding hydrogens is 261 g/mol. The molecule has 0 bridgehead atoms. The fourth-order valence-electron chi connectivity index (χ4n) is 2.42. The number of carbonyl (C=O) groups is 2. The molecule has 0 unspecified atom stereocenters. The average Bonchev–Trinajstić information content (AvgIpc) is 2.88. The third-order valence-corrected chi connectivity index (χ3v) is 3.55. The Balaban J connectivity index is 2.05. The van der Waals surface area contributed by atoms with Gasteiger partial charge >= 0.3 is 5.97 Å². The molecule has 0 aromatic heterocycles.